The van der Waals surface area contributed by atoms with E-state index in [4.69, 9.17) is 0 Å². The van der Waals surface area contributed by atoms with Crippen molar-refractivity contribution in [3.63, 3.8) is 0 Å². The van der Waals surface area contributed by atoms with Crippen LogP contribution in [0.2, 0.25) is 0 Å². The molecule has 0 aliphatic heterocycles. The molecule has 2 N–H and O–H groups in total. The van der Waals surface area contributed by atoms with Gasteiger partial charge in [0.15, 0.2) is 5.00 Å². The van der Waals surface area contributed by atoms with Crippen LogP contribution >= 0.6 is 11.3 Å². The van der Waals surface area contributed by atoms with E-state index >= 15 is 0 Å². The third kappa shape index (κ3) is 3.88. The Labute approximate surface area is 122 Å². The van der Waals surface area contributed by atoms with E-state index in [1.54, 1.807) is 0 Å². The van der Waals surface area contributed by atoms with Crippen LogP contribution in [0, 0.1) is 10.1 Å². The van der Waals surface area contributed by atoms with Crippen LogP contribution in [0.15, 0.2) is 10.3 Å². The number of nitrogens with zero attached hydrogens (tertiary/aromatic N) is 2. The maximum Gasteiger partial charge on any atom is 0.304 e. The van der Waals surface area contributed by atoms with Crippen LogP contribution in [0.25, 0.3) is 0 Å². The molecule has 0 spiro atoms. The second kappa shape index (κ2) is 6.48. The second-order valence-corrected chi connectivity index (χ2v) is 7.50. The van der Waals surface area contributed by atoms with Crippen molar-refractivity contribution in [2.75, 3.05) is 33.0 Å². The summed E-state index contributed by atoms with van der Waals surface area (Å²) in [7, 11) is 1.46. The highest BCUT2D eigenvalue weighted by Crippen LogP contribution is 2.36. The molecule has 0 aliphatic rings. The van der Waals surface area contributed by atoms with Gasteiger partial charge in [-0.3, -0.25) is 10.1 Å². The first-order valence-corrected chi connectivity index (χ1v) is 8.11. The van der Waals surface area contributed by atoms with Crippen LogP contribution in [0.3, 0.4) is 0 Å². The fourth-order valence-corrected chi connectivity index (χ4v) is 3.74. The lowest BCUT2D eigenvalue weighted by molar-refractivity contribution is -0.383. The number of rotatable bonds is 7. The molecule has 1 atom stereocenters. The van der Waals surface area contributed by atoms with Crippen LogP contribution in [-0.4, -0.2) is 52.0 Å². The van der Waals surface area contributed by atoms with Gasteiger partial charge < -0.3 is 10.2 Å². The molecule has 1 unspecified atom stereocenters. The zero-order valence-electron chi connectivity index (χ0n) is 11.7. The summed E-state index contributed by atoms with van der Waals surface area (Å²) in [6, 6.07) is 1.09. The van der Waals surface area contributed by atoms with Crippen LogP contribution < -0.4 is 10.0 Å². The van der Waals surface area contributed by atoms with E-state index in [0.29, 0.717) is 0 Å². The molecule has 0 saturated heterocycles. The summed E-state index contributed by atoms with van der Waals surface area (Å²) in [6.45, 7) is 2.11. The number of hydrogen-bond acceptors (Lipinski definition) is 7. The molecule has 1 aromatic heterocycles. The second-order valence-electron chi connectivity index (χ2n) is 4.45. The Morgan fingerprint density at radius 1 is 1.50 bits per heavy atom. The normalized spacial score (nSPS) is 13.4. The highest BCUT2D eigenvalue weighted by molar-refractivity contribution is 7.91. The molecule has 1 rings (SSSR count). The third-order valence-corrected chi connectivity index (χ3v) is 5.87. The fraction of sp³-hybridized carbons (Fsp3) is 0.600. The Hall–Kier alpha value is -1.23. The van der Waals surface area contributed by atoms with Crippen molar-refractivity contribution >= 4 is 32.0 Å². The van der Waals surface area contributed by atoms with Gasteiger partial charge in [-0.2, -0.15) is 0 Å². The van der Waals surface area contributed by atoms with Crippen LogP contribution in [-0.2, 0) is 10.0 Å². The van der Waals surface area contributed by atoms with Crippen LogP contribution in [0.5, 0.6) is 0 Å². The van der Waals surface area contributed by atoms with E-state index in [9.17, 15) is 18.5 Å². The highest BCUT2D eigenvalue weighted by Gasteiger charge is 2.25. The van der Waals surface area contributed by atoms with E-state index < -0.39 is 14.9 Å². The standard InChI is InChI=1S/C10H18N4O4S2/c1-7(13(3)4)6-12-20(17,18)9-5-8(14(15)16)10(11-2)19-9/h5,7,11-12H,6H2,1-4H3. The number of hydrogen-bond donors (Lipinski definition) is 2. The van der Waals surface area contributed by atoms with Gasteiger partial charge in [0, 0.05) is 25.7 Å². The van der Waals surface area contributed by atoms with Gasteiger partial charge in [-0.1, -0.05) is 11.3 Å². The van der Waals surface area contributed by atoms with Crippen molar-refractivity contribution in [3.8, 4) is 0 Å². The molecule has 8 nitrogen and oxygen atoms in total. The molecule has 0 saturated carbocycles. The molecule has 1 heterocycles. The number of anilines is 1. The summed E-state index contributed by atoms with van der Waals surface area (Å²) in [5.74, 6) is 0. The van der Waals surface area contributed by atoms with Gasteiger partial charge in [0.05, 0.1) is 4.92 Å². The van der Waals surface area contributed by atoms with E-state index in [1.165, 1.54) is 7.05 Å². The van der Waals surface area contributed by atoms with Crippen molar-refractivity contribution in [1.82, 2.24) is 9.62 Å². The summed E-state index contributed by atoms with van der Waals surface area (Å²) >= 11 is 0.838. The lowest BCUT2D eigenvalue weighted by Gasteiger charge is -2.19. The molecule has 10 heteroatoms. The Balaban J connectivity index is 2.96. The number of nitro groups is 1. The number of sulfonamides is 1. The van der Waals surface area contributed by atoms with Crippen molar-refractivity contribution in [3.05, 3.63) is 16.2 Å². The van der Waals surface area contributed by atoms with Gasteiger partial charge in [-0.15, -0.1) is 0 Å². The molecule has 114 valence electrons. The van der Waals surface area contributed by atoms with Gasteiger partial charge in [0.2, 0.25) is 10.0 Å². The predicted octanol–water partition coefficient (Wildman–Crippen LogP) is 0.926. The monoisotopic (exact) mass is 322 g/mol. The van der Waals surface area contributed by atoms with Crippen molar-refractivity contribution < 1.29 is 13.3 Å². The van der Waals surface area contributed by atoms with E-state index in [-0.39, 0.29) is 27.5 Å². The van der Waals surface area contributed by atoms with E-state index in [1.807, 2.05) is 25.9 Å². The molecule has 0 amide bonds. The lowest BCUT2D eigenvalue weighted by atomic mass is 10.3. The average Bonchev–Trinajstić information content (AvgIpc) is 2.80. The van der Waals surface area contributed by atoms with Crippen LogP contribution in [0.4, 0.5) is 10.7 Å². The maximum absolute atomic E-state index is 12.1. The van der Waals surface area contributed by atoms with E-state index in [2.05, 4.69) is 10.0 Å². The summed E-state index contributed by atoms with van der Waals surface area (Å²) in [5.41, 5.74) is -0.237. The minimum atomic E-state index is -3.74. The van der Waals surface area contributed by atoms with Gasteiger partial charge in [0.25, 0.3) is 0 Å². The number of nitrogens with one attached hydrogen (secondary N) is 2. The SMILES string of the molecule is CNc1sc(S(=O)(=O)NCC(C)N(C)C)cc1[N+](=O)[O-]. The summed E-state index contributed by atoms with van der Waals surface area (Å²) in [6.07, 6.45) is 0. The Morgan fingerprint density at radius 3 is 2.50 bits per heavy atom. The average molecular weight is 322 g/mol. The van der Waals surface area contributed by atoms with Gasteiger partial charge >= 0.3 is 5.69 Å². The van der Waals surface area contributed by atoms with E-state index in [0.717, 1.165) is 17.4 Å². The molecular formula is C10H18N4O4S2. The van der Waals surface area contributed by atoms with Crippen LogP contribution in [0.1, 0.15) is 6.92 Å². The van der Waals surface area contributed by atoms with Crippen molar-refractivity contribution in [1.29, 1.82) is 0 Å². The third-order valence-electron chi connectivity index (χ3n) is 2.83. The Kier molecular flexibility index (Phi) is 5.45. The number of likely N-dealkylation sites (N-methyl/N-ethyl adjacent to an activating group) is 1. The first kappa shape index (κ1) is 16.8. The molecule has 0 aliphatic carbocycles. The zero-order chi connectivity index (χ0) is 15.5. The minimum Gasteiger partial charge on any atom is -0.374 e. The predicted molar refractivity (Wildman–Crippen MR) is 78.9 cm³/mol. The smallest absolute Gasteiger partial charge is 0.304 e. The van der Waals surface area contributed by atoms with Crippen molar-refractivity contribution in [2.45, 2.75) is 17.2 Å². The maximum atomic E-state index is 12.1. The van der Waals surface area contributed by atoms with Crippen molar-refractivity contribution in [2.24, 2.45) is 0 Å². The zero-order valence-corrected chi connectivity index (χ0v) is 13.3. The highest BCUT2D eigenvalue weighted by atomic mass is 32.2. The molecule has 20 heavy (non-hydrogen) atoms. The first-order valence-electron chi connectivity index (χ1n) is 5.81. The van der Waals surface area contributed by atoms with Gasteiger partial charge in [-0.25, -0.2) is 13.1 Å². The first-order chi connectivity index (χ1) is 9.19. The summed E-state index contributed by atoms with van der Waals surface area (Å²) < 4.78 is 26.6. The molecule has 1 aromatic rings. The molecule has 0 fully saturated rings. The Bertz CT molecular complexity index is 582. The molecular weight excluding hydrogens is 304 g/mol. The topological polar surface area (TPSA) is 105 Å². The quantitative estimate of drug-likeness (QED) is 0.571. The largest absolute Gasteiger partial charge is 0.374 e. The molecule has 0 aromatic carbocycles. The minimum absolute atomic E-state index is 0.0171. The van der Waals surface area contributed by atoms with Gasteiger partial charge in [-0.05, 0) is 21.0 Å². The molecule has 0 radical (unpaired) electrons. The molecule has 0 bridgehead atoms. The Morgan fingerprint density at radius 2 is 2.10 bits per heavy atom. The fourth-order valence-electron chi connectivity index (χ4n) is 1.29. The number of thiophene rings is 1. The lowest BCUT2D eigenvalue weighted by Crippen LogP contribution is -2.37. The summed E-state index contributed by atoms with van der Waals surface area (Å²) in [4.78, 5) is 12.1. The van der Waals surface area contributed by atoms with Gasteiger partial charge in [0.1, 0.15) is 4.21 Å². The summed E-state index contributed by atoms with van der Waals surface area (Å²) in [5, 5.41) is 13.7.